The van der Waals surface area contributed by atoms with Crippen molar-refractivity contribution in [3.05, 3.63) is 33.8 Å². The van der Waals surface area contributed by atoms with Gasteiger partial charge in [0.15, 0.2) is 4.77 Å². The maximum absolute atomic E-state index is 11.5. The van der Waals surface area contributed by atoms with E-state index in [9.17, 15) is 4.79 Å². The van der Waals surface area contributed by atoms with Crippen LogP contribution in [0.25, 0.3) is 0 Å². The molecule has 0 amide bonds. The second-order valence-electron chi connectivity index (χ2n) is 4.67. The normalized spacial score (nSPS) is 11.1. The molecule has 0 aliphatic carbocycles. The van der Waals surface area contributed by atoms with Crippen molar-refractivity contribution in [2.75, 3.05) is 0 Å². The average molecular weight is 284 g/mol. The fraction of sp³-hybridized carbons (Fsp3) is 0.417. The Morgan fingerprint density at radius 2 is 2.17 bits per heavy atom. The van der Waals surface area contributed by atoms with Crippen LogP contribution in [0, 0.1) is 9.41 Å². The molecule has 0 saturated heterocycles. The van der Waals surface area contributed by atoms with E-state index in [0.29, 0.717) is 21.5 Å². The lowest BCUT2D eigenvalue weighted by Crippen LogP contribution is -2.33. The second-order valence-corrected chi connectivity index (χ2v) is 5.49. The summed E-state index contributed by atoms with van der Waals surface area (Å²) in [5.74, 6) is -0.407. The van der Waals surface area contributed by atoms with Gasteiger partial charge in [-0.25, -0.2) is 4.79 Å². The quantitative estimate of drug-likeness (QED) is 0.524. The maximum Gasteiger partial charge on any atom is 0.333 e. The summed E-state index contributed by atoms with van der Waals surface area (Å²) in [7, 11) is 0. The fourth-order valence-electron chi connectivity index (χ4n) is 1.35. The van der Waals surface area contributed by atoms with E-state index in [-0.39, 0.29) is 0 Å². The van der Waals surface area contributed by atoms with E-state index in [2.05, 4.69) is 11.6 Å². The van der Waals surface area contributed by atoms with Gasteiger partial charge in [-0.05, 0) is 39.1 Å². The van der Waals surface area contributed by atoms with E-state index in [1.165, 1.54) is 0 Å². The third-order valence-corrected chi connectivity index (χ3v) is 2.74. The monoisotopic (exact) mass is 284 g/mol. The highest BCUT2D eigenvalue weighted by molar-refractivity contribution is 7.72. The van der Waals surface area contributed by atoms with Crippen molar-refractivity contribution in [1.29, 1.82) is 0 Å². The fourth-order valence-corrected chi connectivity index (χ4v) is 1.81. The van der Waals surface area contributed by atoms with Crippen molar-refractivity contribution in [3.8, 4) is 0 Å². The molecular weight excluding hydrogens is 268 g/mol. The summed E-state index contributed by atoms with van der Waals surface area (Å²) in [5, 5.41) is 0. The summed E-state index contributed by atoms with van der Waals surface area (Å²) in [5.41, 5.74) is -0.301. The van der Waals surface area contributed by atoms with Crippen LogP contribution in [0.4, 0.5) is 0 Å². The largest absolute Gasteiger partial charge is 0.454 e. The highest BCUT2D eigenvalue weighted by Crippen LogP contribution is 2.14. The minimum atomic E-state index is -0.676. The van der Waals surface area contributed by atoms with Gasteiger partial charge in [-0.1, -0.05) is 18.8 Å². The zero-order chi connectivity index (χ0) is 13.9. The van der Waals surface area contributed by atoms with Crippen LogP contribution in [0.1, 0.15) is 20.8 Å². The van der Waals surface area contributed by atoms with Crippen molar-refractivity contribution in [2.45, 2.75) is 32.9 Å². The highest BCUT2D eigenvalue weighted by atomic mass is 32.1. The zero-order valence-electron chi connectivity index (χ0n) is 10.6. The molecule has 0 aromatic carbocycles. The molecule has 18 heavy (non-hydrogen) atoms. The van der Waals surface area contributed by atoms with Crippen LogP contribution in [-0.4, -0.2) is 21.1 Å². The number of ether oxygens (including phenoxy) is 1. The number of carbonyl (C=O) groups is 1. The lowest BCUT2D eigenvalue weighted by molar-refractivity contribution is -0.152. The summed E-state index contributed by atoms with van der Waals surface area (Å²) >= 11 is 10.1. The standard InChI is InChI=1S/C12H16N2O2S2/c1-8(2)10(15)16-12(3,4)7-14-6-5-9(17)13-11(14)18/h5-6H,1,7H2,2-4H3,(H,13,17,18). The summed E-state index contributed by atoms with van der Waals surface area (Å²) in [6, 6.07) is 1.74. The molecule has 6 heteroatoms. The predicted molar refractivity (Wildman–Crippen MR) is 75.4 cm³/mol. The van der Waals surface area contributed by atoms with Crippen molar-refractivity contribution in [1.82, 2.24) is 9.55 Å². The molecule has 1 aromatic heterocycles. The van der Waals surface area contributed by atoms with Gasteiger partial charge in [-0.2, -0.15) is 0 Å². The van der Waals surface area contributed by atoms with Crippen LogP contribution >= 0.6 is 24.4 Å². The Labute approximate surface area is 116 Å². The molecule has 0 fully saturated rings. The lowest BCUT2D eigenvalue weighted by Gasteiger charge is -2.26. The van der Waals surface area contributed by atoms with E-state index in [1.54, 1.807) is 23.8 Å². The molecule has 0 aliphatic heterocycles. The molecule has 1 rings (SSSR count). The number of esters is 1. The van der Waals surface area contributed by atoms with Crippen molar-refractivity contribution >= 4 is 30.4 Å². The number of H-pyrrole nitrogens is 1. The molecule has 0 spiro atoms. The SMILES string of the molecule is C=C(C)C(=O)OC(C)(C)Cn1ccc(=S)[nH]c1=S. The summed E-state index contributed by atoms with van der Waals surface area (Å²) < 4.78 is 8.20. The number of nitrogens with zero attached hydrogens (tertiary/aromatic N) is 1. The van der Waals surface area contributed by atoms with E-state index >= 15 is 0 Å². The van der Waals surface area contributed by atoms with Crippen LogP contribution in [0.5, 0.6) is 0 Å². The van der Waals surface area contributed by atoms with Crippen molar-refractivity contribution in [3.63, 3.8) is 0 Å². The Balaban J connectivity index is 2.88. The Hall–Kier alpha value is -1.27. The minimum absolute atomic E-state index is 0.374. The number of aromatic nitrogens is 2. The van der Waals surface area contributed by atoms with Crippen molar-refractivity contribution < 1.29 is 9.53 Å². The van der Waals surface area contributed by atoms with Crippen LogP contribution in [-0.2, 0) is 16.1 Å². The molecule has 1 heterocycles. The van der Waals surface area contributed by atoms with E-state index < -0.39 is 11.6 Å². The van der Waals surface area contributed by atoms with Gasteiger partial charge in [-0.15, -0.1) is 0 Å². The Morgan fingerprint density at radius 1 is 1.56 bits per heavy atom. The molecule has 1 N–H and O–H groups in total. The van der Waals surface area contributed by atoms with Gasteiger partial charge in [0.1, 0.15) is 10.2 Å². The highest BCUT2D eigenvalue weighted by Gasteiger charge is 2.23. The molecule has 0 bridgehead atoms. The number of aromatic amines is 1. The van der Waals surface area contributed by atoms with E-state index in [1.807, 2.05) is 13.8 Å². The zero-order valence-corrected chi connectivity index (χ0v) is 12.3. The van der Waals surface area contributed by atoms with Gasteiger partial charge in [0, 0.05) is 11.8 Å². The van der Waals surface area contributed by atoms with Gasteiger partial charge in [0.25, 0.3) is 0 Å². The first kappa shape index (κ1) is 14.8. The summed E-state index contributed by atoms with van der Waals surface area (Å²) in [4.78, 5) is 14.4. The number of hydrogen-bond acceptors (Lipinski definition) is 4. The molecule has 0 atom stereocenters. The number of carbonyl (C=O) groups excluding carboxylic acids is 1. The molecule has 0 aliphatic rings. The average Bonchev–Trinajstić information content (AvgIpc) is 2.21. The summed E-state index contributed by atoms with van der Waals surface area (Å²) in [6.45, 7) is 9.24. The number of nitrogens with one attached hydrogen (secondary N) is 1. The first-order chi connectivity index (χ1) is 8.21. The van der Waals surface area contributed by atoms with Crippen molar-refractivity contribution in [2.24, 2.45) is 0 Å². The van der Waals surface area contributed by atoms with E-state index in [4.69, 9.17) is 29.2 Å². The molecule has 1 aromatic rings. The molecule has 4 nitrogen and oxygen atoms in total. The number of hydrogen-bond donors (Lipinski definition) is 1. The molecule has 98 valence electrons. The Morgan fingerprint density at radius 3 is 2.67 bits per heavy atom. The minimum Gasteiger partial charge on any atom is -0.454 e. The molecule has 0 radical (unpaired) electrons. The smallest absolute Gasteiger partial charge is 0.333 e. The Kier molecular flexibility index (Phi) is 4.59. The maximum atomic E-state index is 11.5. The molecular formula is C12H16N2O2S2. The summed E-state index contributed by atoms with van der Waals surface area (Å²) in [6.07, 6.45) is 1.78. The van der Waals surface area contributed by atoms with Crippen LogP contribution in [0.15, 0.2) is 24.4 Å². The third kappa shape index (κ3) is 4.19. The van der Waals surface area contributed by atoms with Gasteiger partial charge in [0.2, 0.25) is 0 Å². The first-order valence-corrected chi connectivity index (χ1v) is 6.21. The predicted octanol–water partition coefficient (Wildman–Crippen LogP) is 3.17. The second kappa shape index (κ2) is 5.58. The first-order valence-electron chi connectivity index (χ1n) is 5.40. The van der Waals surface area contributed by atoms with Gasteiger partial charge in [-0.3, -0.25) is 0 Å². The van der Waals surface area contributed by atoms with Crippen LogP contribution < -0.4 is 0 Å². The molecule has 0 unspecified atom stereocenters. The van der Waals surface area contributed by atoms with E-state index in [0.717, 1.165) is 0 Å². The Bertz CT molecular complexity index is 584. The third-order valence-electron chi connectivity index (χ3n) is 2.17. The van der Waals surface area contributed by atoms with Gasteiger partial charge >= 0.3 is 5.97 Å². The number of rotatable bonds is 4. The van der Waals surface area contributed by atoms with Gasteiger partial charge < -0.3 is 14.3 Å². The molecule has 0 saturated carbocycles. The lowest BCUT2D eigenvalue weighted by atomic mass is 10.1. The van der Waals surface area contributed by atoms with Gasteiger partial charge in [0.05, 0.1) is 6.54 Å². The van der Waals surface area contributed by atoms with Crippen LogP contribution in [0.2, 0.25) is 0 Å². The van der Waals surface area contributed by atoms with Crippen LogP contribution in [0.3, 0.4) is 0 Å². The topological polar surface area (TPSA) is 47.0 Å².